The summed E-state index contributed by atoms with van der Waals surface area (Å²) in [6.07, 6.45) is -0.633. The van der Waals surface area contributed by atoms with Gasteiger partial charge in [-0.25, -0.2) is 0 Å². The van der Waals surface area contributed by atoms with E-state index < -0.39 is 16.9 Å². The summed E-state index contributed by atoms with van der Waals surface area (Å²) in [7, 11) is 0. The van der Waals surface area contributed by atoms with Crippen LogP contribution in [-0.2, 0) is 4.79 Å². The average Bonchev–Trinajstić information content (AvgIpc) is 2.34. The summed E-state index contributed by atoms with van der Waals surface area (Å²) in [6, 6.07) is 5.57. The SMILES string of the molecule is CC(O)CNC(=O)COc1cccc([N+](=O)[O-])c1. The Bertz CT molecular complexity index is 433. The van der Waals surface area contributed by atoms with E-state index in [-0.39, 0.29) is 24.6 Å². The number of nitrogens with zero attached hydrogens (tertiary/aromatic N) is 1. The molecule has 0 saturated heterocycles. The molecule has 1 aromatic carbocycles. The second-order valence-corrected chi connectivity index (χ2v) is 3.70. The smallest absolute Gasteiger partial charge is 0.273 e. The number of aliphatic hydroxyl groups excluding tert-OH is 1. The molecule has 0 saturated carbocycles. The summed E-state index contributed by atoms with van der Waals surface area (Å²) >= 11 is 0. The van der Waals surface area contributed by atoms with Gasteiger partial charge in [0.2, 0.25) is 0 Å². The third-order valence-electron chi connectivity index (χ3n) is 1.99. The quantitative estimate of drug-likeness (QED) is 0.567. The third kappa shape index (κ3) is 4.79. The van der Waals surface area contributed by atoms with Crippen molar-refractivity contribution in [1.82, 2.24) is 5.32 Å². The zero-order chi connectivity index (χ0) is 13.5. The number of nitrogens with one attached hydrogen (secondary N) is 1. The summed E-state index contributed by atoms with van der Waals surface area (Å²) in [4.78, 5) is 21.2. The Kier molecular flexibility index (Phi) is 5.06. The number of aliphatic hydroxyl groups is 1. The van der Waals surface area contributed by atoms with Gasteiger partial charge >= 0.3 is 0 Å². The highest BCUT2D eigenvalue weighted by Crippen LogP contribution is 2.18. The highest BCUT2D eigenvalue weighted by Gasteiger charge is 2.08. The fourth-order valence-corrected chi connectivity index (χ4v) is 1.15. The largest absolute Gasteiger partial charge is 0.484 e. The number of ether oxygens (including phenoxy) is 1. The second-order valence-electron chi connectivity index (χ2n) is 3.70. The van der Waals surface area contributed by atoms with Crippen molar-refractivity contribution in [1.29, 1.82) is 0 Å². The van der Waals surface area contributed by atoms with E-state index in [0.717, 1.165) is 0 Å². The van der Waals surface area contributed by atoms with Gasteiger partial charge < -0.3 is 15.2 Å². The summed E-state index contributed by atoms with van der Waals surface area (Å²) in [6.45, 7) is 1.42. The van der Waals surface area contributed by atoms with Gasteiger partial charge in [-0.15, -0.1) is 0 Å². The zero-order valence-corrected chi connectivity index (χ0v) is 9.83. The van der Waals surface area contributed by atoms with Crippen LogP contribution in [0.1, 0.15) is 6.92 Å². The summed E-state index contributed by atoms with van der Waals surface area (Å²) in [5, 5.41) is 21.9. The van der Waals surface area contributed by atoms with Crippen molar-refractivity contribution in [3.63, 3.8) is 0 Å². The average molecular weight is 254 g/mol. The maximum atomic E-state index is 11.3. The maximum Gasteiger partial charge on any atom is 0.273 e. The Morgan fingerprint density at radius 1 is 1.61 bits per heavy atom. The van der Waals surface area contributed by atoms with Crippen LogP contribution in [0, 0.1) is 10.1 Å². The molecule has 1 unspecified atom stereocenters. The van der Waals surface area contributed by atoms with Crippen LogP contribution >= 0.6 is 0 Å². The molecule has 1 atom stereocenters. The molecule has 0 bridgehead atoms. The number of amides is 1. The van der Waals surface area contributed by atoms with E-state index in [1.54, 1.807) is 6.92 Å². The Hall–Kier alpha value is -2.15. The van der Waals surface area contributed by atoms with Crippen LogP contribution < -0.4 is 10.1 Å². The number of rotatable bonds is 6. The van der Waals surface area contributed by atoms with Crippen LogP contribution in [0.25, 0.3) is 0 Å². The Labute approximate surface area is 104 Å². The molecular formula is C11H14N2O5. The Balaban J connectivity index is 2.46. The molecule has 1 aromatic rings. The van der Waals surface area contributed by atoms with E-state index in [4.69, 9.17) is 9.84 Å². The molecule has 0 radical (unpaired) electrons. The maximum absolute atomic E-state index is 11.3. The molecule has 0 aliphatic carbocycles. The van der Waals surface area contributed by atoms with Crippen LogP contribution in [0.15, 0.2) is 24.3 Å². The third-order valence-corrected chi connectivity index (χ3v) is 1.99. The van der Waals surface area contributed by atoms with Crippen molar-refractivity contribution >= 4 is 11.6 Å². The number of carbonyl (C=O) groups is 1. The molecule has 7 nitrogen and oxygen atoms in total. The minimum absolute atomic E-state index is 0.100. The molecule has 2 N–H and O–H groups in total. The van der Waals surface area contributed by atoms with Gasteiger partial charge in [-0.3, -0.25) is 14.9 Å². The van der Waals surface area contributed by atoms with E-state index >= 15 is 0 Å². The van der Waals surface area contributed by atoms with Gasteiger partial charge in [-0.2, -0.15) is 0 Å². The van der Waals surface area contributed by atoms with Crippen molar-refractivity contribution in [2.45, 2.75) is 13.0 Å². The molecule has 0 heterocycles. The first kappa shape index (κ1) is 13.9. The van der Waals surface area contributed by atoms with Crippen LogP contribution in [0.5, 0.6) is 5.75 Å². The van der Waals surface area contributed by atoms with Gasteiger partial charge in [0.15, 0.2) is 6.61 Å². The van der Waals surface area contributed by atoms with Crippen LogP contribution in [0.3, 0.4) is 0 Å². The minimum Gasteiger partial charge on any atom is -0.484 e. The number of hydrogen-bond acceptors (Lipinski definition) is 5. The van der Waals surface area contributed by atoms with Gasteiger partial charge in [0.1, 0.15) is 5.75 Å². The zero-order valence-electron chi connectivity index (χ0n) is 9.83. The first-order valence-electron chi connectivity index (χ1n) is 5.31. The predicted molar refractivity (Wildman–Crippen MR) is 63.3 cm³/mol. The number of hydrogen-bond donors (Lipinski definition) is 2. The van der Waals surface area contributed by atoms with E-state index in [0.29, 0.717) is 0 Å². The van der Waals surface area contributed by atoms with Crippen molar-refractivity contribution in [3.8, 4) is 5.75 Å². The number of carbonyl (C=O) groups excluding carboxylic acids is 1. The van der Waals surface area contributed by atoms with Gasteiger partial charge in [0, 0.05) is 12.6 Å². The fraction of sp³-hybridized carbons (Fsp3) is 0.364. The van der Waals surface area contributed by atoms with Crippen LogP contribution in [0.4, 0.5) is 5.69 Å². The molecular weight excluding hydrogens is 240 g/mol. The molecule has 98 valence electrons. The second kappa shape index (κ2) is 6.55. The highest BCUT2D eigenvalue weighted by atomic mass is 16.6. The number of nitro benzene ring substituents is 1. The first-order chi connectivity index (χ1) is 8.49. The topological polar surface area (TPSA) is 102 Å². The number of benzene rings is 1. The molecule has 0 spiro atoms. The molecule has 0 aromatic heterocycles. The van der Waals surface area contributed by atoms with Crippen molar-refractivity contribution < 1.29 is 19.6 Å². The molecule has 1 rings (SSSR count). The first-order valence-corrected chi connectivity index (χ1v) is 5.31. The molecule has 7 heteroatoms. The Morgan fingerprint density at radius 3 is 2.94 bits per heavy atom. The van der Waals surface area contributed by atoms with Crippen LogP contribution in [-0.4, -0.2) is 35.2 Å². The standard InChI is InChI=1S/C11H14N2O5/c1-8(14)6-12-11(15)7-18-10-4-2-3-9(5-10)13(16)17/h2-5,8,14H,6-7H2,1H3,(H,12,15). The lowest BCUT2D eigenvalue weighted by Crippen LogP contribution is -2.34. The minimum atomic E-state index is -0.633. The Morgan fingerprint density at radius 2 is 2.33 bits per heavy atom. The number of nitro groups is 1. The van der Waals surface area contributed by atoms with Crippen molar-refractivity contribution in [2.24, 2.45) is 0 Å². The lowest BCUT2D eigenvalue weighted by molar-refractivity contribution is -0.384. The fourth-order valence-electron chi connectivity index (χ4n) is 1.15. The summed E-state index contributed by atoms with van der Waals surface area (Å²) in [5.74, 6) is -0.154. The normalized spacial score (nSPS) is 11.7. The van der Waals surface area contributed by atoms with Crippen molar-refractivity contribution in [3.05, 3.63) is 34.4 Å². The summed E-state index contributed by atoms with van der Waals surface area (Å²) in [5.41, 5.74) is -0.100. The van der Waals surface area contributed by atoms with E-state index in [1.807, 2.05) is 0 Å². The number of non-ortho nitro benzene ring substituents is 1. The highest BCUT2D eigenvalue weighted by molar-refractivity contribution is 5.77. The van der Waals surface area contributed by atoms with Gasteiger partial charge in [-0.05, 0) is 13.0 Å². The molecule has 0 aliphatic heterocycles. The predicted octanol–water partition coefficient (Wildman–Crippen LogP) is 0.471. The van der Waals surface area contributed by atoms with Gasteiger partial charge in [-0.1, -0.05) is 6.07 Å². The molecule has 0 aliphatic rings. The van der Waals surface area contributed by atoms with Crippen molar-refractivity contribution in [2.75, 3.05) is 13.2 Å². The van der Waals surface area contributed by atoms with Crippen LogP contribution in [0.2, 0.25) is 0 Å². The van der Waals surface area contributed by atoms with E-state index in [2.05, 4.69) is 5.32 Å². The molecule has 18 heavy (non-hydrogen) atoms. The monoisotopic (exact) mass is 254 g/mol. The van der Waals surface area contributed by atoms with Gasteiger partial charge in [0.05, 0.1) is 17.1 Å². The summed E-state index contributed by atoms with van der Waals surface area (Å²) < 4.78 is 5.09. The lowest BCUT2D eigenvalue weighted by atomic mass is 10.3. The lowest BCUT2D eigenvalue weighted by Gasteiger charge is -2.08. The molecule has 0 fully saturated rings. The van der Waals surface area contributed by atoms with Gasteiger partial charge in [0.25, 0.3) is 11.6 Å². The van der Waals surface area contributed by atoms with E-state index in [1.165, 1.54) is 24.3 Å². The molecule has 1 amide bonds. The van der Waals surface area contributed by atoms with E-state index in [9.17, 15) is 14.9 Å².